The quantitative estimate of drug-likeness (QED) is 0.670. The van der Waals surface area contributed by atoms with Gasteiger partial charge in [0.15, 0.2) is 0 Å². The Balaban J connectivity index is 1.30. The molecule has 2 heterocycles. The number of nitrogens with one attached hydrogen (secondary N) is 2. The topological polar surface area (TPSA) is 74.3 Å². The number of benzene rings is 2. The molecule has 2 N–H and O–H groups in total. The number of carbonyl (C=O) groups is 2. The van der Waals surface area contributed by atoms with Crippen molar-refractivity contribution in [2.75, 3.05) is 18.0 Å². The van der Waals surface area contributed by atoms with Crippen molar-refractivity contribution in [1.29, 1.82) is 0 Å². The molecule has 1 aromatic heterocycles. The molecule has 6 nitrogen and oxygen atoms in total. The summed E-state index contributed by atoms with van der Waals surface area (Å²) in [5.41, 5.74) is 2.21. The third-order valence-electron chi connectivity index (χ3n) is 6.05. The van der Waals surface area contributed by atoms with Crippen LogP contribution in [0, 0.1) is 0 Å². The van der Waals surface area contributed by atoms with E-state index >= 15 is 0 Å². The van der Waals surface area contributed by atoms with Gasteiger partial charge < -0.3 is 15.5 Å². The maximum Gasteiger partial charge on any atom is 0.252 e. The van der Waals surface area contributed by atoms with Gasteiger partial charge in [-0.2, -0.15) is 0 Å². The van der Waals surface area contributed by atoms with Crippen molar-refractivity contribution in [2.45, 2.75) is 37.8 Å². The number of piperidine rings is 1. The van der Waals surface area contributed by atoms with Crippen LogP contribution in [0.15, 0.2) is 60.7 Å². The first-order valence-electron chi connectivity index (χ1n) is 11.0. The number of hydrogen-bond donors (Lipinski definition) is 2. The van der Waals surface area contributed by atoms with E-state index in [-0.39, 0.29) is 17.9 Å². The molecule has 2 aromatic carbocycles. The van der Waals surface area contributed by atoms with Crippen molar-refractivity contribution < 1.29 is 9.59 Å². The largest absolute Gasteiger partial charge is 0.356 e. The van der Waals surface area contributed by atoms with E-state index in [1.807, 2.05) is 60.7 Å². The number of para-hydroxylation sites is 1. The van der Waals surface area contributed by atoms with Crippen molar-refractivity contribution in [1.82, 2.24) is 15.6 Å². The van der Waals surface area contributed by atoms with Crippen LogP contribution < -0.4 is 15.5 Å². The zero-order chi connectivity index (χ0) is 21.2. The fourth-order valence-corrected chi connectivity index (χ4v) is 4.11. The summed E-state index contributed by atoms with van der Waals surface area (Å²) in [5.74, 6) is 0.779. The summed E-state index contributed by atoms with van der Waals surface area (Å²) in [6, 6.07) is 19.5. The normalized spacial score (nSPS) is 16.8. The maximum absolute atomic E-state index is 12.8. The Hall–Kier alpha value is -3.41. The predicted molar refractivity (Wildman–Crippen MR) is 121 cm³/mol. The molecule has 0 radical (unpaired) electrons. The zero-order valence-corrected chi connectivity index (χ0v) is 17.4. The van der Waals surface area contributed by atoms with Crippen LogP contribution in [0.2, 0.25) is 0 Å². The van der Waals surface area contributed by atoms with Crippen molar-refractivity contribution in [3.63, 3.8) is 0 Å². The van der Waals surface area contributed by atoms with Gasteiger partial charge in [-0.1, -0.05) is 36.4 Å². The number of anilines is 1. The van der Waals surface area contributed by atoms with E-state index in [2.05, 4.69) is 15.5 Å². The third kappa shape index (κ3) is 4.38. The van der Waals surface area contributed by atoms with Crippen LogP contribution in [0.5, 0.6) is 0 Å². The van der Waals surface area contributed by atoms with Gasteiger partial charge in [0, 0.05) is 36.1 Å². The molecule has 1 saturated carbocycles. The molecule has 0 spiro atoms. The molecular weight excluding hydrogens is 388 g/mol. The minimum absolute atomic E-state index is 0.0210. The summed E-state index contributed by atoms with van der Waals surface area (Å²) in [5, 5.41) is 7.13. The second kappa shape index (κ2) is 8.38. The molecule has 1 saturated heterocycles. The number of nitrogens with zero attached hydrogens (tertiary/aromatic N) is 2. The van der Waals surface area contributed by atoms with Crippen LogP contribution >= 0.6 is 0 Å². The number of aromatic nitrogens is 1. The minimum atomic E-state index is -0.0260. The lowest BCUT2D eigenvalue weighted by Gasteiger charge is -2.33. The van der Waals surface area contributed by atoms with Crippen LogP contribution in [0.3, 0.4) is 0 Å². The standard InChI is InChI=1S/C25H26N4O2/c30-24(17-6-2-1-3-7-17)26-19-12-14-29(15-13-19)23-16-21(25(31)27-18-10-11-18)20-8-4-5-9-22(20)28-23/h1-9,16,18-19H,10-15H2,(H,26,30)(H,27,31). The zero-order valence-electron chi connectivity index (χ0n) is 17.4. The van der Waals surface area contributed by atoms with Crippen molar-refractivity contribution in [3.05, 3.63) is 71.8 Å². The van der Waals surface area contributed by atoms with Crippen molar-refractivity contribution in [3.8, 4) is 0 Å². The monoisotopic (exact) mass is 414 g/mol. The van der Waals surface area contributed by atoms with Crippen LogP contribution in [0.25, 0.3) is 10.9 Å². The highest BCUT2D eigenvalue weighted by Gasteiger charge is 2.26. The second-order valence-corrected chi connectivity index (χ2v) is 8.39. The van der Waals surface area contributed by atoms with Crippen LogP contribution in [-0.2, 0) is 0 Å². The SMILES string of the molecule is O=C(NC1CCN(c2cc(C(=O)NC3CC3)c3ccccc3n2)CC1)c1ccccc1. The first kappa shape index (κ1) is 19.5. The van der Waals surface area contributed by atoms with Gasteiger partial charge >= 0.3 is 0 Å². The smallest absolute Gasteiger partial charge is 0.252 e. The number of pyridine rings is 1. The van der Waals surface area contributed by atoms with Gasteiger partial charge in [-0.05, 0) is 49.9 Å². The number of fused-ring (bicyclic) bond motifs is 1. The Morgan fingerprint density at radius 2 is 1.45 bits per heavy atom. The van der Waals surface area contributed by atoms with Crippen LogP contribution in [0.4, 0.5) is 5.82 Å². The Bertz CT molecular complexity index is 1100. The number of carbonyl (C=O) groups excluding carboxylic acids is 2. The molecule has 2 fully saturated rings. The minimum Gasteiger partial charge on any atom is -0.356 e. The second-order valence-electron chi connectivity index (χ2n) is 8.39. The van der Waals surface area contributed by atoms with Crippen LogP contribution in [-0.4, -0.2) is 42.0 Å². The fraction of sp³-hybridized carbons (Fsp3) is 0.320. The van der Waals surface area contributed by atoms with Crippen molar-refractivity contribution in [2.24, 2.45) is 0 Å². The predicted octanol–water partition coefficient (Wildman–Crippen LogP) is 3.53. The van der Waals surface area contributed by atoms with E-state index in [1.54, 1.807) is 0 Å². The van der Waals surface area contributed by atoms with E-state index in [4.69, 9.17) is 4.98 Å². The Kier molecular flexibility index (Phi) is 5.28. The third-order valence-corrected chi connectivity index (χ3v) is 6.05. The number of rotatable bonds is 5. The lowest BCUT2D eigenvalue weighted by molar-refractivity contribution is 0.0927. The lowest BCUT2D eigenvalue weighted by Crippen LogP contribution is -2.45. The van der Waals surface area contributed by atoms with E-state index in [9.17, 15) is 9.59 Å². The number of amides is 2. The molecule has 6 heteroatoms. The van der Waals surface area contributed by atoms with E-state index in [1.165, 1.54) is 0 Å². The Morgan fingerprint density at radius 1 is 0.806 bits per heavy atom. The van der Waals surface area contributed by atoms with E-state index < -0.39 is 0 Å². The molecule has 158 valence electrons. The average molecular weight is 415 g/mol. The van der Waals surface area contributed by atoms with Gasteiger partial charge in [-0.25, -0.2) is 4.98 Å². The summed E-state index contributed by atoms with van der Waals surface area (Å²) in [7, 11) is 0. The van der Waals surface area contributed by atoms with Gasteiger partial charge in [-0.3, -0.25) is 9.59 Å². The molecule has 31 heavy (non-hydrogen) atoms. The molecule has 2 amide bonds. The molecule has 1 aliphatic heterocycles. The Labute approximate surface area is 181 Å². The highest BCUT2D eigenvalue weighted by Crippen LogP contribution is 2.27. The van der Waals surface area contributed by atoms with Gasteiger partial charge in [-0.15, -0.1) is 0 Å². The summed E-state index contributed by atoms with van der Waals surface area (Å²) in [6.07, 6.45) is 3.81. The summed E-state index contributed by atoms with van der Waals surface area (Å²) in [6.45, 7) is 1.57. The highest BCUT2D eigenvalue weighted by molar-refractivity contribution is 6.07. The highest BCUT2D eigenvalue weighted by atomic mass is 16.2. The average Bonchev–Trinajstić information content (AvgIpc) is 3.63. The molecular formula is C25H26N4O2. The first-order valence-corrected chi connectivity index (χ1v) is 11.0. The molecule has 3 aromatic rings. The van der Waals surface area contributed by atoms with Gasteiger partial charge in [0.25, 0.3) is 11.8 Å². The molecule has 5 rings (SSSR count). The molecule has 1 aliphatic carbocycles. The van der Waals surface area contributed by atoms with Crippen molar-refractivity contribution >= 4 is 28.5 Å². The van der Waals surface area contributed by atoms with E-state index in [0.717, 1.165) is 55.5 Å². The Morgan fingerprint density at radius 3 is 2.19 bits per heavy atom. The number of hydrogen-bond acceptors (Lipinski definition) is 4. The molecule has 0 atom stereocenters. The van der Waals surface area contributed by atoms with Crippen LogP contribution in [0.1, 0.15) is 46.4 Å². The van der Waals surface area contributed by atoms with Gasteiger partial charge in [0.05, 0.1) is 11.1 Å². The summed E-state index contributed by atoms with van der Waals surface area (Å²) in [4.78, 5) is 32.3. The molecule has 2 aliphatic rings. The molecule has 0 unspecified atom stereocenters. The molecule has 0 bridgehead atoms. The summed E-state index contributed by atoms with van der Waals surface area (Å²) >= 11 is 0. The maximum atomic E-state index is 12.8. The fourth-order valence-electron chi connectivity index (χ4n) is 4.11. The van der Waals surface area contributed by atoms with E-state index in [0.29, 0.717) is 17.2 Å². The summed E-state index contributed by atoms with van der Waals surface area (Å²) < 4.78 is 0. The first-order chi connectivity index (χ1) is 15.2. The van der Waals surface area contributed by atoms with Gasteiger partial charge in [0.1, 0.15) is 5.82 Å². The van der Waals surface area contributed by atoms with Gasteiger partial charge in [0.2, 0.25) is 0 Å². The lowest BCUT2D eigenvalue weighted by atomic mass is 10.0.